The molecular weight excluding hydrogens is 312 g/mol. The highest BCUT2D eigenvalue weighted by Gasteiger charge is 2.39. The summed E-state index contributed by atoms with van der Waals surface area (Å²) in [5, 5.41) is 9.05. The van der Waals surface area contributed by atoms with Gasteiger partial charge in [-0.15, -0.1) is 0 Å². The summed E-state index contributed by atoms with van der Waals surface area (Å²) in [7, 11) is 1.56. The molecule has 1 saturated carbocycles. The van der Waals surface area contributed by atoms with E-state index >= 15 is 0 Å². The van der Waals surface area contributed by atoms with E-state index in [9.17, 15) is 9.59 Å². The molecule has 1 heterocycles. The second kappa shape index (κ2) is 6.55. The second-order valence-corrected chi connectivity index (χ2v) is 6.04. The number of hydrogen-bond acceptors (Lipinski definition) is 5. The van der Waals surface area contributed by atoms with E-state index in [0.29, 0.717) is 56.1 Å². The van der Waals surface area contributed by atoms with Crippen LogP contribution in [0.5, 0.6) is 17.2 Å². The number of aliphatic carboxylic acids is 1. The highest BCUT2D eigenvalue weighted by atomic mass is 16.6. The Kier molecular flexibility index (Phi) is 4.46. The van der Waals surface area contributed by atoms with Crippen LogP contribution in [0.2, 0.25) is 0 Å². The van der Waals surface area contributed by atoms with Crippen molar-refractivity contribution in [2.45, 2.75) is 31.1 Å². The summed E-state index contributed by atoms with van der Waals surface area (Å²) in [6.07, 6.45) is 4.78. The molecule has 0 bridgehead atoms. The number of benzene rings is 1. The second-order valence-electron chi connectivity index (χ2n) is 6.04. The Morgan fingerprint density at radius 3 is 2.50 bits per heavy atom. The number of carbonyl (C=O) groups excluding carboxylic acids is 1. The molecule has 2 aliphatic rings. The Labute approximate surface area is 140 Å². The first-order chi connectivity index (χ1) is 11.6. The van der Waals surface area contributed by atoms with Gasteiger partial charge in [-0.1, -0.05) is 12.1 Å². The number of carbonyl (C=O) groups is 2. The molecule has 0 atom stereocenters. The summed E-state index contributed by atoms with van der Waals surface area (Å²) in [5.74, 6) is 0.906. The number of Topliss-reactive ketones (excluding diaryl/α,β-unsaturated/α-hetero) is 1. The van der Waals surface area contributed by atoms with Crippen LogP contribution < -0.4 is 14.2 Å². The summed E-state index contributed by atoms with van der Waals surface area (Å²) in [6, 6.07) is 3.68. The Hall–Kier alpha value is -2.50. The van der Waals surface area contributed by atoms with Gasteiger partial charge in [0.25, 0.3) is 0 Å². The van der Waals surface area contributed by atoms with Crippen molar-refractivity contribution in [1.82, 2.24) is 0 Å². The van der Waals surface area contributed by atoms with Gasteiger partial charge in [0.05, 0.1) is 7.11 Å². The number of carboxylic acids is 1. The van der Waals surface area contributed by atoms with E-state index < -0.39 is 11.4 Å². The van der Waals surface area contributed by atoms with Gasteiger partial charge >= 0.3 is 5.97 Å². The molecule has 0 saturated heterocycles. The Bertz CT molecular complexity index is 681. The molecule has 6 nitrogen and oxygen atoms in total. The van der Waals surface area contributed by atoms with Gasteiger partial charge in [-0.2, -0.15) is 0 Å². The minimum absolute atomic E-state index is 0.203. The van der Waals surface area contributed by atoms with Crippen LogP contribution in [0.4, 0.5) is 0 Å². The molecule has 128 valence electrons. The molecule has 0 radical (unpaired) electrons. The quantitative estimate of drug-likeness (QED) is 0.853. The number of ketones is 1. The fraction of sp³-hybridized carbons (Fsp3) is 0.444. The van der Waals surface area contributed by atoms with Gasteiger partial charge in [-0.3, -0.25) is 4.79 Å². The Morgan fingerprint density at radius 1 is 1.21 bits per heavy atom. The maximum atomic E-state index is 11.7. The van der Waals surface area contributed by atoms with Crippen molar-refractivity contribution < 1.29 is 28.9 Å². The monoisotopic (exact) mass is 332 g/mol. The van der Waals surface area contributed by atoms with Crippen molar-refractivity contribution in [2.75, 3.05) is 20.3 Å². The lowest BCUT2D eigenvalue weighted by Gasteiger charge is -2.37. The molecule has 0 unspecified atom stereocenters. The summed E-state index contributed by atoms with van der Waals surface area (Å²) in [4.78, 5) is 22.7. The zero-order valence-corrected chi connectivity index (χ0v) is 13.5. The lowest BCUT2D eigenvalue weighted by molar-refractivity contribution is -0.131. The molecule has 1 aromatic rings. The fourth-order valence-corrected chi connectivity index (χ4v) is 3.40. The van der Waals surface area contributed by atoms with Gasteiger partial charge in [-0.05, 0) is 18.9 Å². The van der Waals surface area contributed by atoms with Crippen LogP contribution in [0.1, 0.15) is 31.2 Å². The van der Waals surface area contributed by atoms with Crippen molar-refractivity contribution in [3.63, 3.8) is 0 Å². The molecule has 0 amide bonds. The van der Waals surface area contributed by atoms with Crippen LogP contribution in [-0.2, 0) is 15.0 Å². The van der Waals surface area contributed by atoms with Crippen LogP contribution in [-0.4, -0.2) is 37.2 Å². The van der Waals surface area contributed by atoms with Gasteiger partial charge in [-0.25, -0.2) is 4.79 Å². The number of methoxy groups -OCH3 is 1. The SMILES string of the molecule is COc1ccc(C2(/C=C/C(=O)O)CCC(=O)CC2)c2c1OCCO2. The number of carboxylic acid groups (broad SMARTS) is 1. The van der Waals surface area contributed by atoms with Crippen LogP contribution in [0.25, 0.3) is 0 Å². The van der Waals surface area contributed by atoms with Gasteiger partial charge in [0, 0.05) is 29.9 Å². The minimum Gasteiger partial charge on any atom is -0.493 e. The maximum absolute atomic E-state index is 11.7. The van der Waals surface area contributed by atoms with Crippen LogP contribution in [0.3, 0.4) is 0 Å². The van der Waals surface area contributed by atoms with E-state index in [1.165, 1.54) is 0 Å². The summed E-state index contributed by atoms with van der Waals surface area (Å²) < 4.78 is 16.9. The summed E-state index contributed by atoms with van der Waals surface area (Å²) in [5.41, 5.74) is 0.298. The van der Waals surface area contributed by atoms with Crippen molar-refractivity contribution in [3.05, 3.63) is 29.8 Å². The zero-order chi connectivity index (χ0) is 17.2. The minimum atomic E-state index is -1.01. The predicted octanol–water partition coefficient (Wildman–Crippen LogP) is 2.49. The third-order valence-corrected chi connectivity index (χ3v) is 4.65. The van der Waals surface area contributed by atoms with E-state index in [0.717, 1.165) is 11.6 Å². The molecule has 1 aliphatic carbocycles. The predicted molar refractivity (Wildman–Crippen MR) is 85.9 cm³/mol. The molecule has 1 aliphatic heterocycles. The lowest BCUT2D eigenvalue weighted by atomic mass is 9.68. The molecule has 24 heavy (non-hydrogen) atoms. The van der Waals surface area contributed by atoms with E-state index in [1.807, 2.05) is 6.07 Å². The third kappa shape index (κ3) is 2.96. The van der Waals surface area contributed by atoms with Crippen molar-refractivity contribution in [2.24, 2.45) is 0 Å². The summed E-state index contributed by atoms with van der Waals surface area (Å²) in [6.45, 7) is 0.855. The first-order valence-electron chi connectivity index (χ1n) is 7.97. The van der Waals surface area contributed by atoms with E-state index in [-0.39, 0.29) is 5.78 Å². The van der Waals surface area contributed by atoms with Gasteiger partial charge in [0.15, 0.2) is 11.5 Å². The first-order valence-corrected chi connectivity index (χ1v) is 7.97. The number of rotatable bonds is 4. The zero-order valence-electron chi connectivity index (χ0n) is 13.5. The molecule has 1 aromatic carbocycles. The average molecular weight is 332 g/mol. The van der Waals surface area contributed by atoms with E-state index in [2.05, 4.69) is 0 Å². The smallest absolute Gasteiger partial charge is 0.328 e. The largest absolute Gasteiger partial charge is 0.493 e. The molecule has 1 N–H and O–H groups in total. The molecule has 6 heteroatoms. The molecule has 0 aromatic heterocycles. The lowest BCUT2D eigenvalue weighted by Crippen LogP contribution is -2.32. The van der Waals surface area contributed by atoms with Gasteiger partial charge in [0.1, 0.15) is 19.0 Å². The fourth-order valence-electron chi connectivity index (χ4n) is 3.40. The highest BCUT2D eigenvalue weighted by Crippen LogP contribution is 2.50. The number of ether oxygens (including phenoxy) is 3. The Morgan fingerprint density at radius 2 is 1.88 bits per heavy atom. The van der Waals surface area contributed by atoms with E-state index in [4.69, 9.17) is 19.3 Å². The highest BCUT2D eigenvalue weighted by molar-refractivity contribution is 5.82. The standard InChI is InChI=1S/C18H20O6/c1-22-14-3-2-13(16-17(14)24-11-10-23-16)18(9-6-15(20)21)7-4-12(19)5-8-18/h2-3,6,9H,4-5,7-8,10-11H2,1H3,(H,20,21)/b9-6+. The topological polar surface area (TPSA) is 82.1 Å². The first kappa shape index (κ1) is 16.4. The van der Waals surface area contributed by atoms with Crippen molar-refractivity contribution >= 4 is 11.8 Å². The molecule has 0 spiro atoms. The Balaban J connectivity index is 2.11. The van der Waals surface area contributed by atoms with Crippen molar-refractivity contribution in [1.29, 1.82) is 0 Å². The van der Waals surface area contributed by atoms with Crippen LogP contribution in [0, 0.1) is 0 Å². The van der Waals surface area contributed by atoms with Crippen LogP contribution in [0.15, 0.2) is 24.3 Å². The third-order valence-electron chi connectivity index (χ3n) is 4.65. The normalized spacial score (nSPS) is 19.3. The van der Waals surface area contributed by atoms with Crippen molar-refractivity contribution in [3.8, 4) is 17.2 Å². The van der Waals surface area contributed by atoms with E-state index in [1.54, 1.807) is 19.3 Å². The van der Waals surface area contributed by atoms with Crippen LogP contribution >= 0.6 is 0 Å². The number of fused-ring (bicyclic) bond motifs is 1. The average Bonchev–Trinajstić information content (AvgIpc) is 2.61. The number of hydrogen-bond donors (Lipinski definition) is 1. The van der Waals surface area contributed by atoms with Gasteiger partial charge < -0.3 is 19.3 Å². The summed E-state index contributed by atoms with van der Waals surface area (Å²) >= 11 is 0. The maximum Gasteiger partial charge on any atom is 0.328 e. The number of allylic oxidation sites excluding steroid dienone is 1. The van der Waals surface area contributed by atoms with Gasteiger partial charge in [0.2, 0.25) is 5.75 Å². The molecular formula is C18H20O6. The molecule has 1 fully saturated rings. The molecule has 3 rings (SSSR count).